The molecule has 2 saturated heterocycles. The first kappa shape index (κ1) is 27.3. The van der Waals surface area contributed by atoms with Crippen LogP contribution >= 0.6 is 23.2 Å². The van der Waals surface area contributed by atoms with Crippen LogP contribution in [0.4, 0.5) is 5.69 Å². The smallest absolute Gasteiger partial charge is 0.306 e. The molecular formula is C27H34Cl2N2O4. The molecule has 190 valence electrons. The predicted octanol–water partition coefficient (Wildman–Crippen LogP) is 5.72. The molecule has 2 aromatic carbocycles. The third kappa shape index (κ3) is 6.49. The Morgan fingerprint density at radius 1 is 1.06 bits per heavy atom. The summed E-state index contributed by atoms with van der Waals surface area (Å²) < 4.78 is 0. The van der Waals surface area contributed by atoms with Crippen LogP contribution in [0, 0.1) is 5.92 Å². The van der Waals surface area contributed by atoms with Gasteiger partial charge in [0.05, 0.1) is 21.7 Å². The summed E-state index contributed by atoms with van der Waals surface area (Å²) >= 11 is 12.8. The molecule has 0 bridgehead atoms. The minimum Gasteiger partial charge on any atom is -0.483 e. The van der Waals surface area contributed by atoms with Gasteiger partial charge in [0.25, 0.3) is 6.47 Å². The third-order valence-corrected chi connectivity index (χ3v) is 7.75. The summed E-state index contributed by atoms with van der Waals surface area (Å²) in [7, 11) is 0. The molecule has 0 aliphatic carbocycles. The van der Waals surface area contributed by atoms with Crippen LogP contribution in [0.25, 0.3) is 0 Å². The van der Waals surface area contributed by atoms with Gasteiger partial charge in [-0.3, -0.25) is 14.5 Å². The molecular weight excluding hydrogens is 487 g/mol. The Kier molecular flexibility index (Phi) is 9.84. The fourth-order valence-corrected chi connectivity index (χ4v) is 5.76. The number of carbonyl (C=O) groups is 2. The number of aryl methyl sites for hydroxylation is 2. The van der Waals surface area contributed by atoms with Crippen LogP contribution in [0.1, 0.15) is 54.9 Å². The van der Waals surface area contributed by atoms with E-state index in [2.05, 4.69) is 35.8 Å². The SMILES string of the molecule is CCc1cc(C2CN(c3c(Cl)cccc3Cl)C2)cc(CC)c1CN1CCC(C(=O)O)CC1.O=CO. The van der Waals surface area contributed by atoms with Gasteiger partial charge in [-0.1, -0.05) is 55.2 Å². The van der Waals surface area contributed by atoms with Gasteiger partial charge in [-0.05, 0) is 73.2 Å². The maximum absolute atomic E-state index is 11.3. The van der Waals surface area contributed by atoms with Crippen molar-refractivity contribution >= 4 is 41.3 Å². The molecule has 6 nitrogen and oxygen atoms in total. The average Bonchev–Trinajstić information content (AvgIpc) is 2.81. The number of para-hydroxylation sites is 1. The van der Waals surface area contributed by atoms with Gasteiger partial charge in [0.1, 0.15) is 0 Å². The molecule has 0 amide bonds. The lowest BCUT2D eigenvalue weighted by molar-refractivity contribution is -0.143. The van der Waals surface area contributed by atoms with E-state index in [9.17, 15) is 9.90 Å². The Balaban J connectivity index is 0.00000108. The van der Waals surface area contributed by atoms with E-state index >= 15 is 0 Å². The van der Waals surface area contributed by atoms with Crippen molar-refractivity contribution in [2.75, 3.05) is 31.1 Å². The number of carboxylic acid groups (broad SMARTS) is 2. The molecule has 2 aromatic rings. The molecule has 0 spiro atoms. The van der Waals surface area contributed by atoms with E-state index in [0.29, 0.717) is 16.0 Å². The zero-order chi connectivity index (χ0) is 25.5. The fraction of sp³-hybridized carbons (Fsp3) is 0.481. The second-order valence-electron chi connectivity index (χ2n) is 9.19. The molecule has 0 atom stereocenters. The van der Waals surface area contributed by atoms with Gasteiger partial charge < -0.3 is 15.1 Å². The molecule has 2 N–H and O–H groups in total. The summed E-state index contributed by atoms with van der Waals surface area (Å²) in [5.74, 6) is -0.346. The third-order valence-electron chi connectivity index (χ3n) is 7.14. The standard InChI is InChI=1S/C26H32Cl2N2O2.CH2O2/c1-3-17-12-20(21-14-30(15-21)25-23(27)6-5-7-24(25)28)13-18(4-2)22(17)16-29-10-8-19(9-11-29)26(31)32;2-1-3/h5-7,12-13,19,21H,3-4,8-11,14-16H2,1-2H3,(H,31,32);1H,(H,2,3). The second kappa shape index (κ2) is 12.6. The van der Waals surface area contributed by atoms with E-state index in [-0.39, 0.29) is 12.4 Å². The lowest BCUT2D eigenvalue weighted by Crippen LogP contribution is -2.45. The molecule has 0 saturated carbocycles. The molecule has 8 heteroatoms. The number of carboxylic acids is 1. The Morgan fingerprint density at radius 3 is 2.03 bits per heavy atom. The first-order valence-electron chi connectivity index (χ1n) is 12.2. The van der Waals surface area contributed by atoms with Gasteiger partial charge in [0.15, 0.2) is 0 Å². The van der Waals surface area contributed by atoms with Crippen molar-refractivity contribution in [3.8, 4) is 0 Å². The first-order chi connectivity index (χ1) is 16.8. The van der Waals surface area contributed by atoms with Gasteiger partial charge in [0.2, 0.25) is 0 Å². The molecule has 0 unspecified atom stereocenters. The highest BCUT2D eigenvalue weighted by Crippen LogP contribution is 2.41. The van der Waals surface area contributed by atoms with E-state index < -0.39 is 5.97 Å². The summed E-state index contributed by atoms with van der Waals surface area (Å²) in [4.78, 5) is 24.3. The number of likely N-dealkylation sites (tertiary alicyclic amines) is 1. The second-order valence-corrected chi connectivity index (χ2v) is 10.0. The van der Waals surface area contributed by atoms with Crippen molar-refractivity contribution in [1.82, 2.24) is 4.90 Å². The Bertz CT molecular complexity index is 987. The van der Waals surface area contributed by atoms with Gasteiger partial charge in [-0.25, -0.2) is 0 Å². The van der Waals surface area contributed by atoms with Gasteiger partial charge in [-0.15, -0.1) is 0 Å². The molecule has 2 fully saturated rings. The highest BCUT2D eigenvalue weighted by atomic mass is 35.5. The van der Waals surface area contributed by atoms with E-state index in [1.54, 1.807) is 0 Å². The lowest BCUT2D eigenvalue weighted by atomic mass is 9.85. The maximum atomic E-state index is 11.3. The van der Waals surface area contributed by atoms with Crippen molar-refractivity contribution < 1.29 is 19.8 Å². The largest absolute Gasteiger partial charge is 0.483 e. The highest BCUT2D eigenvalue weighted by Gasteiger charge is 2.32. The zero-order valence-corrected chi connectivity index (χ0v) is 21.9. The summed E-state index contributed by atoms with van der Waals surface area (Å²) in [6.45, 7) is 8.72. The molecule has 35 heavy (non-hydrogen) atoms. The van der Waals surface area contributed by atoms with Crippen LogP contribution in [0.5, 0.6) is 0 Å². The number of hydrogen-bond donors (Lipinski definition) is 2. The van der Waals surface area contributed by atoms with Crippen molar-refractivity contribution in [2.45, 2.75) is 52.0 Å². The number of halogens is 2. The van der Waals surface area contributed by atoms with Crippen LogP contribution in [0.2, 0.25) is 10.0 Å². The van der Waals surface area contributed by atoms with E-state index in [1.165, 1.54) is 22.3 Å². The monoisotopic (exact) mass is 520 g/mol. The number of anilines is 1. The van der Waals surface area contributed by atoms with Crippen LogP contribution in [0.3, 0.4) is 0 Å². The van der Waals surface area contributed by atoms with Crippen molar-refractivity contribution in [1.29, 1.82) is 0 Å². The normalized spacial score (nSPS) is 16.9. The summed E-state index contributed by atoms with van der Waals surface area (Å²) in [5, 5.41) is 17.6. The van der Waals surface area contributed by atoms with E-state index in [0.717, 1.165) is 64.1 Å². The summed E-state index contributed by atoms with van der Waals surface area (Å²) in [6.07, 6.45) is 3.51. The quantitative estimate of drug-likeness (QED) is 0.454. The fourth-order valence-electron chi connectivity index (χ4n) is 5.12. The molecule has 2 heterocycles. The first-order valence-corrected chi connectivity index (χ1v) is 12.9. The number of benzene rings is 2. The number of rotatable bonds is 7. The number of piperidine rings is 1. The highest BCUT2D eigenvalue weighted by molar-refractivity contribution is 6.39. The van der Waals surface area contributed by atoms with Gasteiger partial charge >= 0.3 is 5.97 Å². The summed E-state index contributed by atoms with van der Waals surface area (Å²) in [6, 6.07) is 10.5. The molecule has 2 aliphatic rings. The van der Waals surface area contributed by atoms with Gasteiger partial charge in [-0.2, -0.15) is 0 Å². The number of nitrogens with zero attached hydrogens (tertiary/aromatic N) is 2. The van der Waals surface area contributed by atoms with Crippen molar-refractivity contribution in [3.63, 3.8) is 0 Å². The lowest BCUT2D eigenvalue weighted by Gasteiger charge is -2.42. The van der Waals surface area contributed by atoms with Crippen LogP contribution in [-0.2, 0) is 29.0 Å². The number of aliphatic carboxylic acids is 1. The molecule has 2 aliphatic heterocycles. The van der Waals surface area contributed by atoms with E-state index in [1.807, 2.05) is 18.2 Å². The van der Waals surface area contributed by atoms with Crippen molar-refractivity contribution in [2.24, 2.45) is 5.92 Å². The molecule has 0 radical (unpaired) electrons. The topological polar surface area (TPSA) is 81.1 Å². The Labute approximate surface area is 217 Å². The minimum absolute atomic E-state index is 0.182. The Hall–Kier alpha value is -2.28. The van der Waals surface area contributed by atoms with Crippen LogP contribution in [-0.4, -0.2) is 53.7 Å². The summed E-state index contributed by atoms with van der Waals surface area (Å²) in [5.41, 5.74) is 6.65. The Morgan fingerprint density at radius 2 is 1.57 bits per heavy atom. The van der Waals surface area contributed by atoms with E-state index in [4.69, 9.17) is 33.1 Å². The van der Waals surface area contributed by atoms with Crippen molar-refractivity contribution in [3.05, 3.63) is 62.6 Å². The zero-order valence-electron chi connectivity index (χ0n) is 20.3. The predicted molar refractivity (Wildman–Crippen MR) is 141 cm³/mol. The maximum Gasteiger partial charge on any atom is 0.306 e. The minimum atomic E-state index is -0.648. The molecule has 4 rings (SSSR count). The molecule has 0 aromatic heterocycles. The van der Waals surface area contributed by atoms with Crippen LogP contribution < -0.4 is 4.90 Å². The number of hydrogen-bond acceptors (Lipinski definition) is 4. The average molecular weight is 521 g/mol. The van der Waals surface area contributed by atoms with Crippen LogP contribution in [0.15, 0.2) is 30.3 Å². The van der Waals surface area contributed by atoms with Gasteiger partial charge in [0, 0.05) is 25.6 Å².